The van der Waals surface area contributed by atoms with Gasteiger partial charge in [-0.25, -0.2) is 4.68 Å². The van der Waals surface area contributed by atoms with E-state index < -0.39 is 6.04 Å². The maximum absolute atomic E-state index is 13.1. The summed E-state index contributed by atoms with van der Waals surface area (Å²) in [6, 6.07) is 29.4. The number of rotatable bonds is 8. The number of anilines is 1. The van der Waals surface area contributed by atoms with E-state index in [9.17, 15) is 4.79 Å². The fourth-order valence-electron chi connectivity index (χ4n) is 3.44. The Morgan fingerprint density at radius 3 is 2.29 bits per heavy atom. The van der Waals surface area contributed by atoms with Crippen molar-refractivity contribution in [2.45, 2.75) is 19.4 Å². The van der Waals surface area contributed by atoms with Gasteiger partial charge in [0, 0.05) is 18.8 Å². The van der Waals surface area contributed by atoms with Crippen molar-refractivity contribution in [3.05, 3.63) is 114 Å². The van der Waals surface area contributed by atoms with Gasteiger partial charge in [-0.05, 0) is 36.6 Å². The molecule has 0 fully saturated rings. The molecule has 1 amide bonds. The lowest BCUT2D eigenvalue weighted by molar-refractivity contribution is -0.118. The molecule has 0 radical (unpaired) electrons. The second kappa shape index (κ2) is 9.87. The number of benzene rings is 3. The van der Waals surface area contributed by atoms with Gasteiger partial charge in [0.15, 0.2) is 5.82 Å². The minimum atomic E-state index is -0.464. The Morgan fingerprint density at radius 1 is 0.903 bits per heavy atom. The molecule has 0 saturated carbocycles. The van der Waals surface area contributed by atoms with E-state index in [0.717, 1.165) is 17.7 Å². The Kier molecular flexibility index (Phi) is 6.55. The number of hydrogen-bond acceptors (Lipinski definition) is 3. The van der Waals surface area contributed by atoms with Gasteiger partial charge < -0.3 is 10.6 Å². The van der Waals surface area contributed by atoms with E-state index in [0.29, 0.717) is 12.4 Å². The molecule has 3 aromatic carbocycles. The molecule has 4 rings (SSSR count). The minimum absolute atomic E-state index is 0.131. The Morgan fingerprint density at radius 2 is 1.58 bits per heavy atom. The van der Waals surface area contributed by atoms with Crippen LogP contribution in [-0.4, -0.2) is 22.2 Å². The highest BCUT2D eigenvalue weighted by Crippen LogP contribution is 2.17. The van der Waals surface area contributed by atoms with Crippen molar-refractivity contribution in [2.75, 3.05) is 11.9 Å². The number of carbonyl (C=O) groups excluding carboxylic acids is 1. The van der Waals surface area contributed by atoms with E-state index in [1.807, 2.05) is 66.9 Å². The first kappa shape index (κ1) is 20.6. The van der Waals surface area contributed by atoms with Gasteiger partial charge in [0.05, 0.1) is 5.69 Å². The van der Waals surface area contributed by atoms with Gasteiger partial charge in [-0.2, -0.15) is 5.10 Å². The molecule has 1 atom stereocenters. The Balaban J connectivity index is 1.44. The van der Waals surface area contributed by atoms with Gasteiger partial charge in [0.1, 0.15) is 6.04 Å². The van der Waals surface area contributed by atoms with Crippen LogP contribution in [0.5, 0.6) is 0 Å². The van der Waals surface area contributed by atoms with Crippen molar-refractivity contribution in [3.8, 4) is 5.69 Å². The van der Waals surface area contributed by atoms with Crippen LogP contribution >= 0.6 is 0 Å². The number of aromatic nitrogens is 2. The predicted molar refractivity (Wildman–Crippen MR) is 124 cm³/mol. The van der Waals surface area contributed by atoms with Crippen molar-refractivity contribution >= 4 is 11.7 Å². The number of nitrogens with zero attached hydrogens (tertiary/aromatic N) is 2. The van der Waals surface area contributed by atoms with Gasteiger partial charge >= 0.3 is 0 Å². The largest absolute Gasteiger partial charge is 0.308 e. The van der Waals surface area contributed by atoms with E-state index in [-0.39, 0.29) is 5.91 Å². The fraction of sp³-hybridized carbons (Fsp3) is 0.154. The zero-order chi connectivity index (χ0) is 21.5. The molecule has 4 aromatic rings. The summed E-state index contributed by atoms with van der Waals surface area (Å²) in [5.41, 5.74) is 4.35. The van der Waals surface area contributed by atoms with Gasteiger partial charge in [-0.15, -0.1) is 0 Å². The van der Waals surface area contributed by atoms with Crippen LogP contribution in [-0.2, 0) is 11.2 Å². The van der Waals surface area contributed by atoms with Gasteiger partial charge in [0.25, 0.3) is 0 Å². The van der Waals surface area contributed by atoms with Crippen molar-refractivity contribution < 1.29 is 4.79 Å². The molecule has 0 aliphatic carbocycles. The number of para-hydroxylation sites is 1. The number of carbonyl (C=O) groups is 1. The standard InChI is InChI=1S/C26H26N4O/c1-20-12-14-21(15-13-20)16-18-27-25(22-8-4-2-5-9-22)26(31)28-24-17-19-30(29-24)23-10-6-3-7-11-23/h2-15,17,19,25,27H,16,18H2,1H3,(H,28,29,31)/t25-/m1/s1. The molecule has 5 nitrogen and oxygen atoms in total. The van der Waals surface area contributed by atoms with Crippen LogP contribution in [0.25, 0.3) is 5.69 Å². The maximum Gasteiger partial charge on any atom is 0.247 e. The highest BCUT2D eigenvalue weighted by atomic mass is 16.2. The first-order valence-corrected chi connectivity index (χ1v) is 10.4. The maximum atomic E-state index is 13.1. The Hall–Kier alpha value is -3.70. The van der Waals surface area contributed by atoms with Crippen LogP contribution in [0.2, 0.25) is 0 Å². The molecule has 1 heterocycles. The van der Waals surface area contributed by atoms with Crippen LogP contribution in [0.15, 0.2) is 97.2 Å². The average molecular weight is 411 g/mol. The molecular weight excluding hydrogens is 384 g/mol. The monoisotopic (exact) mass is 410 g/mol. The van der Waals surface area contributed by atoms with Crippen molar-refractivity contribution in [1.82, 2.24) is 15.1 Å². The SMILES string of the molecule is Cc1ccc(CCN[C@@H](C(=O)Nc2ccn(-c3ccccc3)n2)c2ccccc2)cc1. The molecular formula is C26H26N4O. The van der Waals surface area contributed by atoms with Crippen molar-refractivity contribution in [1.29, 1.82) is 0 Å². The lowest BCUT2D eigenvalue weighted by Gasteiger charge is -2.18. The lowest BCUT2D eigenvalue weighted by atomic mass is 10.1. The topological polar surface area (TPSA) is 59.0 Å². The minimum Gasteiger partial charge on any atom is -0.308 e. The number of nitrogens with one attached hydrogen (secondary N) is 2. The van der Waals surface area contributed by atoms with Crippen LogP contribution in [0.3, 0.4) is 0 Å². The van der Waals surface area contributed by atoms with Crippen molar-refractivity contribution in [2.24, 2.45) is 0 Å². The molecule has 0 saturated heterocycles. The number of amides is 1. The van der Waals surface area contributed by atoms with Gasteiger partial charge in [-0.1, -0.05) is 78.4 Å². The summed E-state index contributed by atoms with van der Waals surface area (Å²) in [4.78, 5) is 13.1. The highest BCUT2D eigenvalue weighted by molar-refractivity contribution is 5.94. The first-order chi connectivity index (χ1) is 15.2. The summed E-state index contributed by atoms with van der Waals surface area (Å²) >= 11 is 0. The summed E-state index contributed by atoms with van der Waals surface area (Å²) < 4.78 is 1.75. The quantitative estimate of drug-likeness (QED) is 0.443. The van der Waals surface area contributed by atoms with Gasteiger partial charge in [0.2, 0.25) is 5.91 Å². The third-order valence-electron chi connectivity index (χ3n) is 5.14. The molecule has 156 valence electrons. The van der Waals surface area contributed by atoms with E-state index >= 15 is 0 Å². The normalized spacial score (nSPS) is 11.8. The van der Waals surface area contributed by atoms with E-state index in [4.69, 9.17) is 0 Å². The van der Waals surface area contributed by atoms with E-state index in [1.54, 1.807) is 10.7 Å². The summed E-state index contributed by atoms with van der Waals surface area (Å²) in [6.07, 6.45) is 2.69. The molecule has 0 aliphatic heterocycles. The second-order valence-electron chi connectivity index (χ2n) is 7.50. The fourth-order valence-corrected chi connectivity index (χ4v) is 3.44. The molecule has 31 heavy (non-hydrogen) atoms. The average Bonchev–Trinajstić information content (AvgIpc) is 3.27. The zero-order valence-electron chi connectivity index (χ0n) is 17.5. The van der Waals surface area contributed by atoms with Gasteiger partial charge in [-0.3, -0.25) is 4.79 Å². The summed E-state index contributed by atoms with van der Waals surface area (Å²) in [5.74, 6) is 0.392. The zero-order valence-corrected chi connectivity index (χ0v) is 17.5. The van der Waals surface area contributed by atoms with Crippen molar-refractivity contribution in [3.63, 3.8) is 0 Å². The molecule has 0 aliphatic rings. The van der Waals surface area contributed by atoms with Crippen LogP contribution in [0.4, 0.5) is 5.82 Å². The second-order valence-corrected chi connectivity index (χ2v) is 7.50. The Labute approximate surface area is 182 Å². The molecule has 0 unspecified atom stereocenters. The third-order valence-corrected chi connectivity index (χ3v) is 5.14. The molecule has 0 spiro atoms. The third kappa shape index (κ3) is 5.47. The summed E-state index contributed by atoms with van der Waals surface area (Å²) in [5, 5.41) is 10.9. The molecule has 5 heteroatoms. The molecule has 0 bridgehead atoms. The van der Waals surface area contributed by atoms with E-state index in [1.165, 1.54) is 11.1 Å². The predicted octanol–water partition coefficient (Wildman–Crippen LogP) is 4.69. The number of aryl methyl sites for hydroxylation is 1. The van der Waals surface area contributed by atoms with Crippen LogP contribution in [0, 0.1) is 6.92 Å². The molecule has 2 N–H and O–H groups in total. The highest BCUT2D eigenvalue weighted by Gasteiger charge is 2.20. The Bertz CT molecular complexity index is 1110. The van der Waals surface area contributed by atoms with Crippen LogP contribution in [0.1, 0.15) is 22.7 Å². The first-order valence-electron chi connectivity index (χ1n) is 10.4. The molecule has 1 aromatic heterocycles. The van der Waals surface area contributed by atoms with Crippen LogP contribution < -0.4 is 10.6 Å². The summed E-state index contributed by atoms with van der Waals surface area (Å²) in [7, 11) is 0. The van der Waals surface area contributed by atoms with E-state index in [2.05, 4.69) is 46.9 Å². The lowest BCUT2D eigenvalue weighted by Crippen LogP contribution is -2.34. The smallest absolute Gasteiger partial charge is 0.247 e. The summed E-state index contributed by atoms with van der Waals surface area (Å²) in [6.45, 7) is 2.77. The number of hydrogen-bond donors (Lipinski definition) is 2.